The Morgan fingerprint density at radius 3 is 2.20 bits per heavy atom. The molecule has 254 valence electrons. The fourth-order valence-electron chi connectivity index (χ4n) is 6.22. The number of halogens is 4. The molecular weight excluding hydrogens is 660 g/mol. The van der Waals surface area contributed by atoms with Crippen LogP contribution in [0, 0.1) is 5.95 Å². The molecule has 1 atom stereocenters. The molecule has 1 heterocycles. The second-order valence-electron chi connectivity index (χ2n) is 11.5. The topological polar surface area (TPSA) is 78.0 Å². The molecule has 7 nitrogen and oxygen atoms in total. The molecule has 49 heavy (non-hydrogen) atoms. The molecular formula is C37H32F4N2O5S. The zero-order valence-electron chi connectivity index (χ0n) is 26.8. The van der Waals surface area contributed by atoms with Crippen LogP contribution in [-0.4, -0.2) is 34.7 Å². The molecule has 12 heteroatoms. The lowest BCUT2D eigenvalue weighted by atomic mass is 9.86. The zero-order valence-corrected chi connectivity index (χ0v) is 27.6. The number of methoxy groups -OCH3 is 3. The molecule has 1 aliphatic carbocycles. The fourth-order valence-corrected chi connectivity index (χ4v) is 7.67. The van der Waals surface area contributed by atoms with E-state index in [0.717, 1.165) is 33.6 Å². The quantitative estimate of drug-likeness (QED) is 0.108. The van der Waals surface area contributed by atoms with Crippen LogP contribution in [0.4, 0.5) is 23.4 Å². The van der Waals surface area contributed by atoms with Crippen molar-refractivity contribution in [2.45, 2.75) is 36.4 Å². The average Bonchev–Trinajstić information content (AvgIpc) is 3.53. The van der Waals surface area contributed by atoms with Gasteiger partial charge in [-0.15, -0.1) is 0 Å². The molecule has 0 fully saturated rings. The summed E-state index contributed by atoms with van der Waals surface area (Å²) in [5, 5.41) is 0. The number of aromatic nitrogens is 1. The highest BCUT2D eigenvalue weighted by molar-refractivity contribution is 7.92. The van der Waals surface area contributed by atoms with Crippen molar-refractivity contribution < 1.29 is 40.2 Å². The number of ether oxygens (including phenoxy) is 3. The Bertz CT molecular complexity index is 2100. The van der Waals surface area contributed by atoms with Gasteiger partial charge in [-0.05, 0) is 101 Å². The van der Waals surface area contributed by atoms with Gasteiger partial charge in [-0.2, -0.15) is 17.6 Å². The summed E-state index contributed by atoms with van der Waals surface area (Å²) < 4.78 is 101. The first-order valence-electron chi connectivity index (χ1n) is 15.3. The summed E-state index contributed by atoms with van der Waals surface area (Å²) >= 11 is 0. The smallest absolute Gasteiger partial charge is 0.416 e. The molecule has 6 rings (SSSR count). The summed E-state index contributed by atoms with van der Waals surface area (Å²) in [4.78, 5) is 3.84. The van der Waals surface area contributed by atoms with Crippen molar-refractivity contribution in [1.29, 1.82) is 0 Å². The number of hydrogen-bond acceptors (Lipinski definition) is 6. The number of fused-ring (bicyclic) bond motifs is 1. The largest absolute Gasteiger partial charge is 0.497 e. The summed E-state index contributed by atoms with van der Waals surface area (Å²) in [7, 11) is 0.147. The van der Waals surface area contributed by atoms with E-state index >= 15 is 0 Å². The molecule has 0 bridgehead atoms. The number of nitrogens with zero attached hydrogens (tertiary/aromatic N) is 2. The summed E-state index contributed by atoms with van der Waals surface area (Å²) in [6.07, 6.45) is -3.47. The first-order chi connectivity index (χ1) is 23.4. The maximum Gasteiger partial charge on any atom is 0.416 e. The Morgan fingerprint density at radius 2 is 1.53 bits per heavy atom. The third kappa shape index (κ3) is 6.78. The lowest BCUT2D eigenvalue weighted by Gasteiger charge is -2.25. The van der Waals surface area contributed by atoms with Gasteiger partial charge in [0.25, 0.3) is 10.0 Å². The zero-order chi connectivity index (χ0) is 34.9. The van der Waals surface area contributed by atoms with Crippen LogP contribution in [0.15, 0.2) is 102 Å². The Labute approximate surface area is 281 Å². The Hall–Kier alpha value is -5.10. The van der Waals surface area contributed by atoms with Crippen LogP contribution in [-0.2, 0) is 29.2 Å². The van der Waals surface area contributed by atoms with E-state index in [2.05, 4.69) is 4.98 Å². The van der Waals surface area contributed by atoms with Crippen molar-refractivity contribution >= 4 is 15.8 Å². The van der Waals surface area contributed by atoms with Crippen molar-refractivity contribution in [3.8, 4) is 28.4 Å². The first kappa shape index (κ1) is 33.8. The third-order valence-electron chi connectivity index (χ3n) is 8.70. The molecule has 0 spiro atoms. The molecule has 0 saturated carbocycles. The van der Waals surface area contributed by atoms with E-state index in [0.29, 0.717) is 52.3 Å². The van der Waals surface area contributed by atoms with Crippen LogP contribution in [0.5, 0.6) is 17.2 Å². The molecule has 0 radical (unpaired) electrons. The molecule has 0 amide bonds. The van der Waals surface area contributed by atoms with Crippen molar-refractivity contribution in [2.75, 3.05) is 25.6 Å². The second-order valence-corrected chi connectivity index (χ2v) is 13.4. The highest BCUT2D eigenvalue weighted by Gasteiger charge is 2.34. The maximum atomic E-state index is 14.3. The number of rotatable bonds is 10. The highest BCUT2D eigenvalue weighted by atomic mass is 32.2. The normalized spacial score (nSPS) is 14.3. The Morgan fingerprint density at radius 1 is 0.816 bits per heavy atom. The molecule has 4 aromatic carbocycles. The summed E-state index contributed by atoms with van der Waals surface area (Å²) in [5.74, 6) is 0.207. The van der Waals surface area contributed by atoms with Gasteiger partial charge in [0.2, 0.25) is 5.95 Å². The van der Waals surface area contributed by atoms with E-state index in [1.807, 2.05) is 0 Å². The molecule has 0 saturated heterocycles. The lowest BCUT2D eigenvalue weighted by molar-refractivity contribution is -0.137. The molecule has 5 aromatic rings. The van der Waals surface area contributed by atoms with Crippen LogP contribution >= 0.6 is 0 Å². The van der Waals surface area contributed by atoms with E-state index in [1.165, 1.54) is 45.6 Å². The molecule has 0 unspecified atom stereocenters. The van der Waals surface area contributed by atoms with Crippen molar-refractivity contribution in [3.63, 3.8) is 0 Å². The fraction of sp³-hybridized carbons (Fsp3) is 0.216. The number of pyridine rings is 1. The lowest BCUT2D eigenvalue weighted by Crippen LogP contribution is -2.31. The molecule has 1 aliphatic rings. The summed E-state index contributed by atoms with van der Waals surface area (Å²) in [6.45, 7) is -0.220. The SMILES string of the molecule is COc1ccc(-c2cc(C(F)(F)F)ccc2[C@H]2CCc3cc(S(=O)(=O)N(Cc4ccc(OC)cc4OC)c4cccc(F)n4)ccc32)cc1. The van der Waals surface area contributed by atoms with Crippen molar-refractivity contribution in [3.05, 3.63) is 131 Å². The second kappa shape index (κ2) is 13.4. The van der Waals surface area contributed by atoms with E-state index in [1.54, 1.807) is 54.6 Å². The number of alkyl halides is 3. The predicted molar refractivity (Wildman–Crippen MR) is 177 cm³/mol. The first-order valence-corrected chi connectivity index (χ1v) is 16.7. The van der Waals surface area contributed by atoms with Gasteiger partial charge in [0.05, 0.1) is 38.3 Å². The van der Waals surface area contributed by atoms with E-state index < -0.39 is 27.7 Å². The van der Waals surface area contributed by atoms with Gasteiger partial charge in [0.15, 0.2) is 0 Å². The minimum Gasteiger partial charge on any atom is -0.497 e. The van der Waals surface area contributed by atoms with Gasteiger partial charge < -0.3 is 14.2 Å². The maximum absolute atomic E-state index is 14.3. The van der Waals surface area contributed by atoms with Gasteiger partial charge in [0, 0.05) is 17.5 Å². The van der Waals surface area contributed by atoms with Gasteiger partial charge in [-0.25, -0.2) is 17.7 Å². The van der Waals surface area contributed by atoms with Gasteiger partial charge >= 0.3 is 6.18 Å². The van der Waals surface area contributed by atoms with Crippen LogP contribution in [0.1, 0.15) is 40.2 Å². The standard InChI is InChI=1S/C37H32F4N2O5S/c1-46-27-12-7-23(8-13-27)33-20-26(37(39,40)41)11-17-32(33)31-16-10-24-19-29(15-18-30(24)31)49(44,45)43(36-6-4-5-35(38)42-36)22-25-9-14-28(47-2)21-34(25)48-3/h4-9,11-15,17-21,31H,10,16,22H2,1-3H3/t31-/m0/s1. The van der Waals surface area contributed by atoms with Crippen LogP contribution in [0.2, 0.25) is 0 Å². The van der Waals surface area contributed by atoms with Gasteiger partial charge in [-0.3, -0.25) is 0 Å². The number of aryl methyl sites for hydroxylation is 1. The predicted octanol–water partition coefficient (Wildman–Crippen LogP) is 8.41. The minimum absolute atomic E-state index is 0.0340. The minimum atomic E-state index is -4.53. The van der Waals surface area contributed by atoms with Crippen LogP contribution in [0.25, 0.3) is 11.1 Å². The average molecular weight is 693 g/mol. The van der Waals surface area contributed by atoms with Crippen LogP contribution < -0.4 is 18.5 Å². The monoisotopic (exact) mass is 692 g/mol. The Balaban J connectivity index is 1.40. The number of anilines is 1. The number of benzene rings is 4. The van der Waals surface area contributed by atoms with Gasteiger partial charge in [-0.1, -0.05) is 30.3 Å². The van der Waals surface area contributed by atoms with Crippen LogP contribution in [0.3, 0.4) is 0 Å². The highest BCUT2D eigenvalue weighted by Crippen LogP contribution is 2.45. The number of hydrogen-bond donors (Lipinski definition) is 0. The summed E-state index contributed by atoms with van der Waals surface area (Å²) in [6, 6.07) is 24.2. The van der Waals surface area contributed by atoms with Crippen molar-refractivity contribution in [1.82, 2.24) is 4.98 Å². The summed E-state index contributed by atoms with van der Waals surface area (Å²) in [5.41, 5.74) is 3.03. The Kier molecular flexibility index (Phi) is 9.26. The van der Waals surface area contributed by atoms with E-state index in [4.69, 9.17) is 14.2 Å². The van der Waals surface area contributed by atoms with E-state index in [9.17, 15) is 26.0 Å². The van der Waals surface area contributed by atoms with Crippen molar-refractivity contribution in [2.24, 2.45) is 0 Å². The molecule has 0 aliphatic heterocycles. The van der Waals surface area contributed by atoms with E-state index in [-0.39, 0.29) is 23.2 Å². The molecule has 1 aromatic heterocycles. The molecule has 0 N–H and O–H groups in total. The third-order valence-corrected chi connectivity index (χ3v) is 10.4. The van der Waals surface area contributed by atoms with Gasteiger partial charge in [0.1, 0.15) is 23.1 Å². The number of sulfonamides is 1.